The van der Waals surface area contributed by atoms with Gasteiger partial charge in [-0.25, -0.2) is 13.6 Å². The van der Waals surface area contributed by atoms with Crippen LogP contribution in [0.2, 0.25) is 0 Å². The summed E-state index contributed by atoms with van der Waals surface area (Å²) in [5, 5.41) is 8.60. The van der Waals surface area contributed by atoms with Crippen LogP contribution >= 0.6 is 0 Å². The van der Waals surface area contributed by atoms with Crippen molar-refractivity contribution in [2.75, 3.05) is 0 Å². The second-order valence-electron chi connectivity index (χ2n) is 2.80. The summed E-state index contributed by atoms with van der Waals surface area (Å²) in [6.07, 6.45) is 1.12. The molecule has 7 heteroatoms. The number of nitrogens with zero attached hydrogens (tertiary/aromatic N) is 2. The van der Waals surface area contributed by atoms with Crippen molar-refractivity contribution in [3.63, 3.8) is 0 Å². The van der Waals surface area contributed by atoms with Gasteiger partial charge in [0, 0.05) is 5.56 Å². The molecule has 0 radical (unpaired) electrons. The molecule has 0 aliphatic rings. The van der Waals surface area contributed by atoms with E-state index in [1.807, 2.05) is 0 Å². The second-order valence-corrected chi connectivity index (χ2v) is 4.33. The molecule has 0 saturated carbocycles. The summed E-state index contributed by atoms with van der Waals surface area (Å²) in [6, 6.07) is 6.19. The Morgan fingerprint density at radius 2 is 2.00 bits per heavy atom. The minimum atomic E-state index is -3.78. The average molecular weight is 225 g/mol. The van der Waals surface area contributed by atoms with Crippen molar-refractivity contribution in [2.24, 2.45) is 5.14 Å². The minimum Gasteiger partial charge on any atom is -0.342 e. The fraction of sp³-hybridized carbons (Fsp3) is 0. The van der Waals surface area contributed by atoms with Crippen LogP contribution in [-0.2, 0) is 10.0 Å². The molecule has 0 aliphatic heterocycles. The molecular formula is C8H7N3O3S. The zero-order valence-corrected chi connectivity index (χ0v) is 8.31. The Balaban J connectivity index is 2.68. The van der Waals surface area contributed by atoms with E-state index in [0.717, 1.165) is 6.39 Å². The second kappa shape index (κ2) is 3.44. The highest BCUT2D eigenvalue weighted by Gasteiger charge is 2.16. The van der Waals surface area contributed by atoms with Crippen molar-refractivity contribution >= 4 is 10.0 Å². The van der Waals surface area contributed by atoms with Gasteiger partial charge in [0.15, 0.2) is 0 Å². The van der Waals surface area contributed by atoms with Crippen molar-refractivity contribution in [3.8, 4) is 11.4 Å². The average Bonchev–Trinajstić information content (AvgIpc) is 2.69. The van der Waals surface area contributed by atoms with E-state index < -0.39 is 10.0 Å². The highest BCUT2D eigenvalue weighted by Crippen LogP contribution is 2.22. The maximum Gasteiger partial charge on any atom is 0.238 e. The Morgan fingerprint density at radius 3 is 2.60 bits per heavy atom. The van der Waals surface area contributed by atoms with E-state index in [2.05, 4.69) is 14.7 Å². The van der Waals surface area contributed by atoms with Crippen LogP contribution < -0.4 is 5.14 Å². The number of sulfonamides is 1. The van der Waals surface area contributed by atoms with Gasteiger partial charge in [0.2, 0.25) is 22.2 Å². The number of nitrogens with two attached hydrogens (primary N) is 1. The zero-order chi connectivity index (χ0) is 10.9. The molecule has 2 aromatic rings. The number of rotatable bonds is 2. The zero-order valence-electron chi connectivity index (χ0n) is 7.49. The molecule has 1 heterocycles. The first-order valence-corrected chi connectivity index (χ1v) is 5.52. The highest BCUT2D eigenvalue weighted by molar-refractivity contribution is 7.89. The smallest absolute Gasteiger partial charge is 0.238 e. The molecule has 0 aliphatic carbocycles. The van der Waals surface area contributed by atoms with Crippen LogP contribution in [0.1, 0.15) is 0 Å². The quantitative estimate of drug-likeness (QED) is 0.796. The molecule has 0 saturated heterocycles. The van der Waals surface area contributed by atoms with Crippen LogP contribution in [0.5, 0.6) is 0 Å². The SMILES string of the molecule is NS(=O)(=O)c1ccccc1-c1ncon1. The molecule has 0 spiro atoms. The first-order valence-electron chi connectivity index (χ1n) is 3.97. The largest absolute Gasteiger partial charge is 0.342 e. The Labute approximate surface area is 85.8 Å². The van der Waals surface area contributed by atoms with Gasteiger partial charge in [0.05, 0.1) is 4.90 Å². The molecule has 0 bridgehead atoms. The summed E-state index contributed by atoms with van der Waals surface area (Å²) < 4.78 is 27.0. The molecular weight excluding hydrogens is 218 g/mol. The fourth-order valence-electron chi connectivity index (χ4n) is 1.19. The highest BCUT2D eigenvalue weighted by atomic mass is 32.2. The van der Waals surface area contributed by atoms with Gasteiger partial charge < -0.3 is 4.52 Å². The third kappa shape index (κ3) is 1.88. The van der Waals surface area contributed by atoms with Crippen LogP contribution in [0.25, 0.3) is 11.4 Å². The summed E-state index contributed by atoms with van der Waals surface area (Å²) in [4.78, 5) is 3.74. The van der Waals surface area contributed by atoms with Crippen LogP contribution in [0, 0.1) is 0 Å². The van der Waals surface area contributed by atoms with Crippen molar-refractivity contribution in [1.29, 1.82) is 0 Å². The maximum absolute atomic E-state index is 11.2. The molecule has 0 atom stereocenters. The lowest BCUT2D eigenvalue weighted by Crippen LogP contribution is -2.13. The summed E-state index contributed by atoms with van der Waals surface area (Å²) >= 11 is 0. The van der Waals surface area contributed by atoms with Crippen molar-refractivity contribution in [1.82, 2.24) is 10.1 Å². The lowest BCUT2D eigenvalue weighted by molar-refractivity contribution is 0.418. The predicted molar refractivity (Wildman–Crippen MR) is 51.1 cm³/mol. The molecule has 78 valence electrons. The van der Waals surface area contributed by atoms with Crippen LogP contribution in [0.3, 0.4) is 0 Å². The molecule has 1 aromatic carbocycles. The van der Waals surface area contributed by atoms with Crippen LogP contribution in [0.4, 0.5) is 0 Å². The number of hydrogen-bond acceptors (Lipinski definition) is 5. The summed E-state index contributed by atoms with van der Waals surface area (Å²) in [5.41, 5.74) is 0.328. The lowest BCUT2D eigenvalue weighted by Gasteiger charge is -2.02. The Hall–Kier alpha value is -1.73. The number of hydrogen-bond donors (Lipinski definition) is 1. The number of aromatic nitrogens is 2. The summed E-state index contributed by atoms with van der Waals surface area (Å²) in [5.74, 6) is 0.194. The van der Waals surface area contributed by atoms with E-state index in [4.69, 9.17) is 5.14 Å². The molecule has 0 fully saturated rings. The number of benzene rings is 1. The maximum atomic E-state index is 11.2. The van der Waals surface area contributed by atoms with E-state index in [-0.39, 0.29) is 10.7 Å². The van der Waals surface area contributed by atoms with Gasteiger partial charge in [-0.1, -0.05) is 17.3 Å². The molecule has 2 N–H and O–H groups in total. The van der Waals surface area contributed by atoms with E-state index in [1.54, 1.807) is 18.2 Å². The summed E-state index contributed by atoms with van der Waals surface area (Å²) in [7, 11) is -3.78. The molecule has 0 amide bonds. The van der Waals surface area contributed by atoms with Gasteiger partial charge in [-0.2, -0.15) is 4.98 Å². The Morgan fingerprint density at radius 1 is 1.27 bits per heavy atom. The van der Waals surface area contributed by atoms with E-state index in [9.17, 15) is 8.42 Å². The first kappa shape index (κ1) is 9.81. The topological polar surface area (TPSA) is 99.1 Å². The molecule has 2 rings (SSSR count). The van der Waals surface area contributed by atoms with Crippen molar-refractivity contribution < 1.29 is 12.9 Å². The normalized spacial score (nSPS) is 11.5. The van der Waals surface area contributed by atoms with Crippen LogP contribution in [0.15, 0.2) is 40.1 Å². The number of primary sulfonamides is 1. The van der Waals surface area contributed by atoms with Gasteiger partial charge in [-0.3, -0.25) is 0 Å². The third-order valence-electron chi connectivity index (χ3n) is 1.80. The lowest BCUT2D eigenvalue weighted by atomic mass is 10.2. The predicted octanol–water partition coefficient (Wildman–Crippen LogP) is 0.384. The molecule has 1 aromatic heterocycles. The van der Waals surface area contributed by atoms with Crippen molar-refractivity contribution in [3.05, 3.63) is 30.7 Å². The van der Waals surface area contributed by atoms with E-state index >= 15 is 0 Å². The van der Waals surface area contributed by atoms with Gasteiger partial charge >= 0.3 is 0 Å². The van der Waals surface area contributed by atoms with Crippen molar-refractivity contribution in [2.45, 2.75) is 4.90 Å². The monoisotopic (exact) mass is 225 g/mol. The van der Waals surface area contributed by atoms with Gasteiger partial charge in [0.25, 0.3) is 0 Å². The minimum absolute atomic E-state index is 0.0219. The van der Waals surface area contributed by atoms with Gasteiger partial charge in [-0.05, 0) is 12.1 Å². The Bertz CT molecular complexity index is 563. The third-order valence-corrected chi connectivity index (χ3v) is 2.76. The first-order chi connectivity index (χ1) is 7.09. The van der Waals surface area contributed by atoms with E-state index in [1.165, 1.54) is 6.07 Å². The fourth-order valence-corrected chi connectivity index (χ4v) is 1.92. The summed E-state index contributed by atoms with van der Waals surface area (Å²) in [6.45, 7) is 0. The van der Waals surface area contributed by atoms with Crippen LogP contribution in [-0.4, -0.2) is 18.6 Å². The van der Waals surface area contributed by atoms with Gasteiger partial charge in [-0.15, -0.1) is 0 Å². The Kier molecular flexibility index (Phi) is 2.25. The van der Waals surface area contributed by atoms with E-state index in [0.29, 0.717) is 5.56 Å². The standard InChI is InChI=1S/C8H7N3O3S/c9-15(12,13)7-4-2-1-3-6(7)8-10-5-14-11-8/h1-5H,(H2,9,12,13). The molecule has 6 nitrogen and oxygen atoms in total. The molecule has 15 heavy (non-hydrogen) atoms. The van der Waals surface area contributed by atoms with Gasteiger partial charge in [0.1, 0.15) is 0 Å². The molecule has 0 unspecified atom stereocenters.